The van der Waals surface area contributed by atoms with Gasteiger partial charge in [-0.3, -0.25) is 4.98 Å². The normalized spacial score (nSPS) is 14.8. The van der Waals surface area contributed by atoms with Gasteiger partial charge in [-0.15, -0.1) is 0 Å². The molecule has 10 aromatic rings. The molecule has 10 nitrogen and oxygen atoms in total. The summed E-state index contributed by atoms with van der Waals surface area (Å²) in [6.45, 7) is 2.11. The number of carboxylic acids is 1. The largest absolute Gasteiger partial charge is 0.490 e. The number of carbonyl (C=O) groups is 1. The lowest BCUT2D eigenvalue weighted by molar-refractivity contribution is 0.0698. The number of halogens is 2. The molecule has 0 radical (unpaired) electrons. The molecule has 13 rings (SSSR count). The van der Waals surface area contributed by atoms with Crippen molar-refractivity contribution in [2.75, 3.05) is 26.4 Å². The summed E-state index contributed by atoms with van der Waals surface area (Å²) in [5.41, 5.74) is 11.9. The van der Waals surface area contributed by atoms with Gasteiger partial charge in [0.05, 0.1) is 59.8 Å². The molecule has 3 aromatic heterocycles. The van der Waals surface area contributed by atoms with E-state index < -0.39 is 5.97 Å². The van der Waals surface area contributed by atoms with Crippen LogP contribution in [0.1, 0.15) is 61.3 Å². The zero-order valence-electron chi connectivity index (χ0n) is 40.2. The fourth-order valence-electron chi connectivity index (χ4n) is 11.1. The van der Waals surface area contributed by atoms with E-state index in [0.717, 1.165) is 116 Å². The highest BCUT2D eigenvalue weighted by Crippen LogP contribution is 2.49. The summed E-state index contributed by atoms with van der Waals surface area (Å²) >= 11 is 12.8. The van der Waals surface area contributed by atoms with Crippen molar-refractivity contribution in [2.24, 2.45) is 0 Å². The Balaban J connectivity index is 1.04. The van der Waals surface area contributed by atoms with Crippen molar-refractivity contribution in [1.29, 1.82) is 0 Å². The quantitative estimate of drug-likeness (QED) is 0.159. The number of ether oxygens (including phenoxy) is 4. The fraction of sp³-hybridized carbons (Fsp3) is 0.194. The summed E-state index contributed by atoms with van der Waals surface area (Å²) in [5, 5.41) is 14.8. The molecule has 0 spiro atoms. The van der Waals surface area contributed by atoms with Crippen molar-refractivity contribution in [2.45, 2.75) is 51.0 Å². The number of nitrogens with zero attached hydrogens (tertiary/aromatic N) is 4. The van der Waals surface area contributed by atoms with Gasteiger partial charge in [0.1, 0.15) is 5.82 Å². The van der Waals surface area contributed by atoms with Gasteiger partial charge in [-0.2, -0.15) is 0 Å². The maximum absolute atomic E-state index is 14.3. The van der Waals surface area contributed by atoms with E-state index in [9.17, 15) is 9.90 Å². The molecule has 3 aliphatic rings. The zero-order chi connectivity index (χ0) is 49.9. The monoisotopic (exact) mass is 1010 g/mol. The number of imidazole rings is 1. The van der Waals surface area contributed by atoms with Crippen molar-refractivity contribution in [3.8, 4) is 90.2 Å². The van der Waals surface area contributed by atoms with Gasteiger partial charge in [-0.25, -0.2) is 14.8 Å². The second-order valence-electron chi connectivity index (χ2n) is 19.3. The molecule has 1 fully saturated rings. The van der Waals surface area contributed by atoms with Crippen LogP contribution >= 0.6 is 23.2 Å². The van der Waals surface area contributed by atoms with E-state index in [2.05, 4.69) is 45.9 Å². The summed E-state index contributed by atoms with van der Waals surface area (Å²) in [6.07, 6.45) is 8.47. The van der Waals surface area contributed by atoms with Crippen LogP contribution in [-0.4, -0.2) is 57.0 Å². The molecule has 5 heterocycles. The number of aromatic carboxylic acids is 1. The molecule has 0 saturated heterocycles. The summed E-state index contributed by atoms with van der Waals surface area (Å²) < 4.78 is 27.3. The Hall–Kier alpha value is -7.92. The first-order valence-electron chi connectivity index (χ1n) is 25.3. The van der Waals surface area contributed by atoms with Gasteiger partial charge in [0.15, 0.2) is 23.0 Å². The molecule has 0 bridgehead atoms. The Morgan fingerprint density at radius 3 is 1.73 bits per heavy atom. The molecular formula is C62H48Cl2N4O6. The van der Waals surface area contributed by atoms with Gasteiger partial charge in [-0.1, -0.05) is 84.9 Å². The summed E-state index contributed by atoms with van der Waals surface area (Å²) in [5.74, 6) is 2.24. The Labute approximate surface area is 437 Å². The number of carboxylic acid groups (broad SMARTS) is 1. The Bertz CT molecular complexity index is 3850. The average Bonchev–Trinajstić information content (AvgIpc) is 3.54. The van der Waals surface area contributed by atoms with Crippen molar-refractivity contribution in [3.63, 3.8) is 0 Å². The Kier molecular flexibility index (Phi) is 11.9. The van der Waals surface area contributed by atoms with Gasteiger partial charge < -0.3 is 28.6 Å². The van der Waals surface area contributed by atoms with Crippen LogP contribution in [0.2, 0.25) is 10.0 Å². The highest BCUT2D eigenvalue weighted by atomic mass is 35.5. The first-order chi connectivity index (χ1) is 36.3. The van der Waals surface area contributed by atoms with Gasteiger partial charge in [0.2, 0.25) is 0 Å². The molecule has 0 unspecified atom stereocenters. The number of hydrogen-bond acceptors (Lipinski definition) is 8. The number of benzene rings is 7. The molecule has 74 heavy (non-hydrogen) atoms. The van der Waals surface area contributed by atoms with Crippen molar-refractivity contribution in [1.82, 2.24) is 19.5 Å². The lowest BCUT2D eigenvalue weighted by atomic mass is 9.86. The predicted molar refractivity (Wildman–Crippen MR) is 293 cm³/mol. The SMILES string of the molecule is O=C(O)c1c(-c2cc3c(cc2-c2ccc(Cl)cc2)OCCCO3)cc2c(nc(-c3ccc4nc(-c5cc6c(cc5-c5ccc(Cl)cc5)OCCCO6)ccc4c3)n2C2CCCCC2)c1-c1ccc2ncccc2c1. The molecule has 0 atom stereocenters. The van der Waals surface area contributed by atoms with Crippen LogP contribution in [0.15, 0.2) is 146 Å². The van der Waals surface area contributed by atoms with Crippen LogP contribution in [0.3, 0.4) is 0 Å². The van der Waals surface area contributed by atoms with E-state index in [1.807, 2.05) is 103 Å². The van der Waals surface area contributed by atoms with Crippen LogP contribution < -0.4 is 18.9 Å². The van der Waals surface area contributed by atoms with E-state index in [1.54, 1.807) is 6.20 Å². The lowest BCUT2D eigenvalue weighted by Gasteiger charge is -2.26. The van der Waals surface area contributed by atoms with Gasteiger partial charge in [0.25, 0.3) is 0 Å². The minimum atomic E-state index is -1.08. The number of pyridine rings is 2. The first kappa shape index (κ1) is 45.9. The molecule has 1 saturated carbocycles. The minimum Gasteiger partial charge on any atom is -0.490 e. The van der Waals surface area contributed by atoms with Crippen LogP contribution in [0, 0.1) is 0 Å². The predicted octanol–water partition coefficient (Wildman–Crippen LogP) is 16.0. The standard InChI is InChI=1S/C62H48Cl2N4O6/c63-42-17-10-36(11-18-42)45-32-54-56(73-27-5-25-71-54)34-47(45)49-31-53-60(58(59(49)62(69)70)40-15-21-50-38(29-40)7-4-24-65-50)67-61(68(53)44-8-2-1-3-9-44)41-16-22-51-39(30-41)14-23-52(66-51)48-35-57-55(72-26-6-28-74-57)33-46(48)37-12-19-43(64)20-13-37/h4,7,10-24,29-35,44H,1-3,5-6,8-9,25-28H2,(H,69,70). The zero-order valence-corrected chi connectivity index (χ0v) is 41.8. The van der Waals surface area contributed by atoms with Gasteiger partial charge >= 0.3 is 5.97 Å². The second kappa shape index (κ2) is 19.2. The fourth-order valence-corrected chi connectivity index (χ4v) is 11.3. The summed E-state index contributed by atoms with van der Waals surface area (Å²) in [7, 11) is 0. The van der Waals surface area contributed by atoms with E-state index in [4.69, 9.17) is 52.1 Å². The molecule has 2 aliphatic heterocycles. The summed E-state index contributed by atoms with van der Waals surface area (Å²) in [4.78, 5) is 29.8. The molecule has 366 valence electrons. The maximum atomic E-state index is 14.3. The number of rotatable bonds is 8. The Morgan fingerprint density at radius 1 is 0.527 bits per heavy atom. The second-order valence-corrected chi connectivity index (χ2v) is 20.1. The highest BCUT2D eigenvalue weighted by Gasteiger charge is 2.31. The van der Waals surface area contributed by atoms with Crippen molar-refractivity contribution >= 4 is 62.0 Å². The third-order valence-corrected chi connectivity index (χ3v) is 15.1. The van der Waals surface area contributed by atoms with Crippen LogP contribution in [0.5, 0.6) is 23.0 Å². The minimum absolute atomic E-state index is 0.0994. The van der Waals surface area contributed by atoms with Gasteiger partial charge in [0, 0.05) is 62.6 Å². The van der Waals surface area contributed by atoms with Gasteiger partial charge in [-0.05, 0) is 149 Å². The van der Waals surface area contributed by atoms with Crippen LogP contribution in [0.4, 0.5) is 0 Å². The third-order valence-electron chi connectivity index (χ3n) is 14.6. The van der Waals surface area contributed by atoms with E-state index >= 15 is 0 Å². The highest BCUT2D eigenvalue weighted by molar-refractivity contribution is 6.31. The van der Waals surface area contributed by atoms with Crippen LogP contribution in [0.25, 0.3) is 100.0 Å². The van der Waals surface area contributed by atoms with Crippen LogP contribution in [-0.2, 0) is 0 Å². The maximum Gasteiger partial charge on any atom is 0.337 e. The van der Waals surface area contributed by atoms with Crippen molar-refractivity contribution in [3.05, 3.63) is 161 Å². The number of aromatic nitrogens is 4. The molecule has 0 amide bonds. The molecule has 7 aromatic carbocycles. The van der Waals surface area contributed by atoms with Crippen molar-refractivity contribution < 1.29 is 28.8 Å². The Morgan fingerprint density at radius 2 is 1.08 bits per heavy atom. The topological polar surface area (TPSA) is 118 Å². The molecule has 1 N–H and O–H groups in total. The first-order valence-corrected chi connectivity index (χ1v) is 26.1. The number of hydrogen-bond donors (Lipinski definition) is 1. The molecule has 12 heteroatoms. The average molecular weight is 1020 g/mol. The summed E-state index contributed by atoms with van der Waals surface area (Å²) in [6, 6.07) is 45.9. The lowest BCUT2D eigenvalue weighted by Crippen LogP contribution is -2.14. The van der Waals surface area contributed by atoms with E-state index in [0.29, 0.717) is 88.1 Å². The third kappa shape index (κ3) is 8.41. The molecular weight excluding hydrogens is 968 g/mol. The van der Waals surface area contributed by atoms with E-state index in [1.165, 1.54) is 0 Å². The van der Waals surface area contributed by atoms with E-state index in [-0.39, 0.29) is 11.6 Å². The smallest absolute Gasteiger partial charge is 0.337 e. The molecule has 1 aliphatic carbocycles. The number of fused-ring (bicyclic) bond motifs is 5.